The van der Waals surface area contributed by atoms with Crippen molar-refractivity contribution < 1.29 is 19.1 Å². The molecule has 0 aromatic rings. The van der Waals surface area contributed by atoms with Crippen LogP contribution in [-0.4, -0.2) is 30.1 Å². The molecule has 0 amide bonds. The second-order valence-corrected chi connectivity index (χ2v) is 16.5. The van der Waals surface area contributed by atoms with Gasteiger partial charge in [0.05, 0.1) is 12.7 Å². The molecule has 4 rings (SSSR count). The van der Waals surface area contributed by atoms with Crippen molar-refractivity contribution in [2.75, 3.05) is 6.61 Å². The van der Waals surface area contributed by atoms with Gasteiger partial charge in [-0.25, -0.2) is 0 Å². The van der Waals surface area contributed by atoms with Crippen molar-refractivity contribution in [1.29, 1.82) is 0 Å². The van der Waals surface area contributed by atoms with Crippen LogP contribution in [0.3, 0.4) is 0 Å². The highest BCUT2D eigenvalue weighted by molar-refractivity contribution is 5.96. The maximum absolute atomic E-state index is 12.1. The average molecular weight is 583 g/mol. The number of ketones is 1. The van der Waals surface area contributed by atoms with Crippen LogP contribution in [0.2, 0.25) is 0 Å². The number of esters is 1. The van der Waals surface area contributed by atoms with Gasteiger partial charge in [0.15, 0.2) is 0 Å². The van der Waals surface area contributed by atoms with Crippen LogP contribution in [0.4, 0.5) is 0 Å². The SMILES string of the molecule is CC(C)CCCC(C)[C@H]1CCC2C3CC=C4C[C@@H](OC/C=C/CC(=O)CC(=O)OC(C)(C)C)CC[C@]4(C)C3CC[C@@]21C. The molecule has 4 aliphatic rings. The van der Waals surface area contributed by atoms with Gasteiger partial charge in [0.25, 0.3) is 0 Å². The van der Waals surface area contributed by atoms with Crippen LogP contribution in [0, 0.1) is 46.3 Å². The van der Waals surface area contributed by atoms with E-state index < -0.39 is 11.6 Å². The minimum absolute atomic E-state index is 0.117. The Kier molecular flexibility index (Phi) is 10.9. The van der Waals surface area contributed by atoms with E-state index in [4.69, 9.17) is 9.47 Å². The lowest BCUT2D eigenvalue weighted by Gasteiger charge is -2.58. The molecule has 4 unspecified atom stereocenters. The predicted octanol–water partition coefficient (Wildman–Crippen LogP) is 9.66. The van der Waals surface area contributed by atoms with E-state index >= 15 is 0 Å². The summed E-state index contributed by atoms with van der Waals surface area (Å²) in [6.07, 6.45) is 21.4. The average Bonchev–Trinajstić information content (AvgIpc) is 3.24. The molecule has 3 fully saturated rings. The summed E-state index contributed by atoms with van der Waals surface area (Å²) in [7, 11) is 0. The van der Waals surface area contributed by atoms with Crippen molar-refractivity contribution in [3.05, 3.63) is 23.8 Å². The maximum Gasteiger partial charge on any atom is 0.313 e. The van der Waals surface area contributed by atoms with Crippen molar-refractivity contribution in [3.8, 4) is 0 Å². The van der Waals surface area contributed by atoms with Crippen LogP contribution in [0.25, 0.3) is 0 Å². The number of ether oxygens (including phenoxy) is 2. The van der Waals surface area contributed by atoms with Crippen LogP contribution in [-0.2, 0) is 19.1 Å². The predicted molar refractivity (Wildman–Crippen MR) is 172 cm³/mol. The smallest absolute Gasteiger partial charge is 0.313 e. The van der Waals surface area contributed by atoms with Gasteiger partial charge >= 0.3 is 5.97 Å². The van der Waals surface area contributed by atoms with E-state index in [1.807, 2.05) is 32.9 Å². The van der Waals surface area contributed by atoms with Gasteiger partial charge in [0.1, 0.15) is 17.8 Å². The van der Waals surface area contributed by atoms with E-state index in [0.29, 0.717) is 17.4 Å². The quantitative estimate of drug-likeness (QED) is 0.131. The monoisotopic (exact) mass is 582 g/mol. The molecule has 0 N–H and O–H groups in total. The molecule has 0 aliphatic heterocycles. The number of carbonyl (C=O) groups excluding carboxylic acids is 2. The highest BCUT2D eigenvalue weighted by Crippen LogP contribution is 2.67. The molecule has 0 bridgehead atoms. The standard InChI is InChI=1S/C38H62O4/c1-26(2)12-11-13-27(3)32-17-18-33-31-16-15-28-24-30(19-21-37(28,7)34(31)20-22-38(32,33)8)41-23-10-9-14-29(39)25-35(40)42-36(4,5)6/h9-10,15,26-27,30-34H,11-14,16-25H2,1-8H3/b10-9+/t27?,30-,31?,32+,33?,34?,37-,38+/m0/s1. The number of allylic oxidation sites excluding steroid dienone is 2. The zero-order valence-corrected chi connectivity index (χ0v) is 28.3. The first-order chi connectivity index (χ1) is 19.7. The fourth-order valence-corrected chi connectivity index (χ4v) is 9.88. The summed E-state index contributed by atoms with van der Waals surface area (Å²) in [5.41, 5.74) is 1.99. The minimum Gasteiger partial charge on any atom is -0.460 e. The second kappa shape index (κ2) is 13.7. The zero-order chi connectivity index (χ0) is 30.7. The van der Waals surface area contributed by atoms with Crippen molar-refractivity contribution in [2.45, 2.75) is 151 Å². The summed E-state index contributed by atoms with van der Waals surface area (Å²) < 4.78 is 11.5. The number of Topliss-reactive ketones (excluding diaryl/α,β-unsaturated/α-hetero) is 1. The number of carbonyl (C=O) groups is 2. The molecule has 8 atom stereocenters. The molecule has 0 spiro atoms. The molecule has 4 heteroatoms. The lowest BCUT2D eigenvalue weighted by molar-refractivity contribution is -0.156. The first-order valence-corrected chi connectivity index (χ1v) is 17.4. The molecular formula is C38H62O4. The van der Waals surface area contributed by atoms with Crippen molar-refractivity contribution in [1.82, 2.24) is 0 Å². The summed E-state index contributed by atoms with van der Waals surface area (Å²) in [4.78, 5) is 24.0. The van der Waals surface area contributed by atoms with Crippen LogP contribution < -0.4 is 0 Å². The largest absolute Gasteiger partial charge is 0.460 e. The summed E-state index contributed by atoms with van der Waals surface area (Å²) >= 11 is 0. The molecule has 0 saturated heterocycles. The lowest BCUT2D eigenvalue weighted by atomic mass is 9.47. The number of rotatable bonds is 12. The van der Waals surface area contributed by atoms with E-state index in [0.717, 1.165) is 48.3 Å². The molecule has 3 saturated carbocycles. The number of hydrogen-bond acceptors (Lipinski definition) is 4. The molecule has 0 radical (unpaired) electrons. The van der Waals surface area contributed by atoms with E-state index in [1.165, 1.54) is 57.8 Å². The summed E-state index contributed by atoms with van der Waals surface area (Å²) in [6, 6.07) is 0. The molecule has 4 aliphatic carbocycles. The van der Waals surface area contributed by atoms with Gasteiger partial charge in [-0.2, -0.15) is 0 Å². The molecule has 0 aromatic heterocycles. The van der Waals surface area contributed by atoms with Crippen molar-refractivity contribution in [2.24, 2.45) is 46.3 Å². The topological polar surface area (TPSA) is 52.6 Å². The van der Waals surface area contributed by atoms with Gasteiger partial charge in [-0.15, -0.1) is 0 Å². The Hall–Kier alpha value is -1.42. The zero-order valence-electron chi connectivity index (χ0n) is 28.3. The maximum atomic E-state index is 12.1. The number of hydrogen-bond donors (Lipinski definition) is 0. The van der Waals surface area contributed by atoms with Gasteiger partial charge in [0, 0.05) is 6.42 Å². The van der Waals surface area contributed by atoms with E-state index in [9.17, 15) is 9.59 Å². The van der Waals surface area contributed by atoms with Crippen LogP contribution in [0.5, 0.6) is 0 Å². The van der Waals surface area contributed by atoms with Crippen LogP contribution in [0.15, 0.2) is 23.8 Å². The highest BCUT2D eigenvalue weighted by atomic mass is 16.6. The Balaban J connectivity index is 1.26. The van der Waals surface area contributed by atoms with Gasteiger partial charge in [-0.3, -0.25) is 9.59 Å². The minimum atomic E-state index is -0.561. The number of fused-ring (bicyclic) bond motifs is 5. The first-order valence-electron chi connectivity index (χ1n) is 17.4. The Bertz CT molecular complexity index is 1000. The highest BCUT2D eigenvalue weighted by Gasteiger charge is 2.59. The lowest BCUT2D eigenvalue weighted by Crippen LogP contribution is -2.51. The van der Waals surface area contributed by atoms with Gasteiger partial charge in [0.2, 0.25) is 0 Å². The van der Waals surface area contributed by atoms with Crippen LogP contribution in [0.1, 0.15) is 139 Å². The van der Waals surface area contributed by atoms with Gasteiger partial charge < -0.3 is 9.47 Å². The normalized spacial score (nSPS) is 35.4. The second-order valence-electron chi connectivity index (χ2n) is 16.5. The third kappa shape index (κ3) is 7.80. The van der Waals surface area contributed by atoms with Crippen LogP contribution >= 0.6 is 0 Å². The Morgan fingerprint density at radius 2 is 1.76 bits per heavy atom. The Morgan fingerprint density at radius 1 is 1.00 bits per heavy atom. The van der Waals surface area contributed by atoms with Crippen molar-refractivity contribution >= 4 is 11.8 Å². The first kappa shape index (κ1) is 33.5. The third-order valence-corrected chi connectivity index (χ3v) is 12.0. The van der Waals surface area contributed by atoms with Gasteiger partial charge in [-0.1, -0.05) is 77.7 Å². The molecule has 4 nitrogen and oxygen atoms in total. The van der Waals surface area contributed by atoms with E-state index in [-0.39, 0.29) is 24.7 Å². The third-order valence-electron chi connectivity index (χ3n) is 12.0. The summed E-state index contributed by atoms with van der Waals surface area (Å²) in [5.74, 6) is 4.64. The fourth-order valence-electron chi connectivity index (χ4n) is 9.88. The van der Waals surface area contributed by atoms with E-state index in [1.54, 1.807) is 5.57 Å². The van der Waals surface area contributed by atoms with E-state index in [2.05, 4.69) is 40.7 Å². The Morgan fingerprint density at radius 3 is 2.48 bits per heavy atom. The molecule has 238 valence electrons. The molecule has 0 heterocycles. The molecule has 42 heavy (non-hydrogen) atoms. The van der Waals surface area contributed by atoms with Crippen molar-refractivity contribution in [3.63, 3.8) is 0 Å². The fraction of sp³-hybridized carbons (Fsp3) is 0.842. The molecular weight excluding hydrogens is 520 g/mol. The summed E-state index contributed by atoms with van der Waals surface area (Å²) in [5, 5.41) is 0. The summed E-state index contributed by atoms with van der Waals surface area (Å²) in [6.45, 7) is 18.5. The molecule has 0 aromatic carbocycles. The van der Waals surface area contributed by atoms with Gasteiger partial charge in [-0.05, 0) is 118 Å². The Labute approximate surface area is 257 Å².